The number of unbranched alkanes of at least 4 members (excludes halogenated alkanes) is 18. The zero-order chi connectivity index (χ0) is 49.8. The van der Waals surface area contributed by atoms with Gasteiger partial charge in [-0.2, -0.15) is 0 Å². The fourth-order valence-corrected chi connectivity index (χ4v) is 10.4. The van der Waals surface area contributed by atoms with E-state index in [0.717, 1.165) is 38.5 Å². The molecule has 0 N–H and O–H groups in total. The average Bonchev–Trinajstić information content (AvgIpc) is 3.31. The lowest BCUT2D eigenvalue weighted by Crippen LogP contribution is -2.49. The maximum Gasteiger partial charge on any atom is 0.282 e. The van der Waals surface area contributed by atoms with Crippen LogP contribution in [0.1, 0.15) is 276 Å². The van der Waals surface area contributed by atoms with Gasteiger partial charge in [-0.05, 0) is 120 Å². The monoisotopic (exact) mass is 960 g/mol. The number of nitrogens with zero attached hydrogens (tertiary/aromatic N) is 1. The third-order valence-electron chi connectivity index (χ3n) is 13.5. The van der Waals surface area contributed by atoms with Gasteiger partial charge in [-0.3, -0.25) is 4.90 Å². The lowest BCUT2D eigenvalue weighted by atomic mass is 9.92. The molecule has 404 valence electrons. The van der Waals surface area contributed by atoms with Gasteiger partial charge < -0.3 is 42.6 Å². The first kappa shape index (κ1) is 66.6. The lowest BCUT2D eigenvalue weighted by Gasteiger charge is -2.43. The van der Waals surface area contributed by atoms with Gasteiger partial charge in [-0.1, -0.05) is 136 Å². The summed E-state index contributed by atoms with van der Waals surface area (Å²) in [7, 11) is 0. The maximum absolute atomic E-state index is 5.95. The maximum atomic E-state index is 5.95. The summed E-state index contributed by atoms with van der Waals surface area (Å²) >= 11 is 0. The van der Waals surface area contributed by atoms with Crippen LogP contribution in [-0.2, 0) is 42.6 Å². The first-order valence-electron chi connectivity index (χ1n) is 29.2. The number of ether oxygens (including phenoxy) is 9. The predicted octanol–water partition coefficient (Wildman–Crippen LogP) is 16.4. The molecule has 10 heteroatoms. The molecular formula is C57H117NO9. The van der Waals surface area contributed by atoms with E-state index in [9.17, 15) is 0 Å². The van der Waals surface area contributed by atoms with Crippen molar-refractivity contribution < 1.29 is 42.6 Å². The molecule has 0 radical (unpaired) electrons. The molecule has 10 nitrogen and oxygen atoms in total. The van der Waals surface area contributed by atoms with E-state index in [1.165, 1.54) is 154 Å². The highest BCUT2D eigenvalue weighted by molar-refractivity contribution is 4.85. The van der Waals surface area contributed by atoms with E-state index in [0.29, 0.717) is 77.6 Å². The molecule has 0 spiro atoms. The Labute approximate surface area is 417 Å². The molecule has 0 aromatic heterocycles. The summed E-state index contributed by atoms with van der Waals surface area (Å²) in [5, 5.41) is 0. The normalized spacial score (nSPS) is 14.1. The fraction of sp³-hybridized carbons (Fsp3) is 1.00. The standard InChI is InChI=1S/C57H117NO9/c1-13-52(46-40-34-28-25-31-37-43-49-55(59-16-4,60-17-5)61-18-6)58(53(14-2)47-41-35-29-26-32-38-44-50-56(62-19-7,63-20-8)64-21-9)54(15-3)48-42-36-30-27-33-39-45-51-57(65-22-10,66-23-11)67-24-12/h52-54H,13-51H2,1-12H3. The van der Waals surface area contributed by atoms with Crippen LogP contribution in [0.4, 0.5) is 0 Å². The van der Waals surface area contributed by atoms with E-state index in [1.54, 1.807) is 0 Å². The Bertz CT molecular complexity index is 845. The van der Waals surface area contributed by atoms with Crippen molar-refractivity contribution in [3.8, 4) is 0 Å². The summed E-state index contributed by atoms with van der Waals surface area (Å²) in [5.74, 6) is -2.61. The minimum absolute atomic E-state index is 0.598. The molecule has 0 aliphatic carbocycles. The Morgan fingerprint density at radius 2 is 0.403 bits per heavy atom. The van der Waals surface area contributed by atoms with Crippen molar-refractivity contribution in [2.45, 2.75) is 312 Å². The van der Waals surface area contributed by atoms with Crippen molar-refractivity contribution in [1.29, 1.82) is 0 Å². The molecule has 0 aliphatic rings. The Morgan fingerprint density at radius 3 is 0.567 bits per heavy atom. The second-order valence-electron chi connectivity index (χ2n) is 18.6. The van der Waals surface area contributed by atoms with Crippen LogP contribution in [0.15, 0.2) is 0 Å². The summed E-state index contributed by atoms with van der Waals surface area (Å²) in [6, 6.07) is 2.02. The van der Waals surface area contributed by atoms with Crippen molar-refractivity contribution in [2.75, 3.05) is 59.5 Å². The molecule has 0 heterocycles. The molecular weight excluding hydrogens is 843 g/mol. The molecule has 0 bridgehead atoms. The Kier molecular flexibility index (Phi) is 45.2. The third-order valence-corrected chi connectivity index (χ3v) is 13.5. The van der Waals surface area contributed by atoms with Crippen LogP contribution in [-0.4, -0.2) is 100 Å². The van der Waals surface area contributed by atoms with Crippen molar-refractivity contribution in [2.24, 2.45) is 0 Å². The van der Waals surface area contributed by atoms with Crippen LogP contribution < -0.4 is 0 Å². The minimum Gasteiger partial charge on any atom is -0.328 e. The van der Waals surface area contributed by atoms with Gasteiger partial charge in [0, 0.05) is 96.8 Å². The molecule has 0 saturated heterocycles. The van der Waals surface area contributed by atoms with E-state index in [1.807, 2.05) is 62.3 Å². The Hall–Kier alpha value is -0.400. The molecule has 3 atom stereocenters. The van der Waals surface area contributed by atoms with Gasteiger partial charge in [0.05, 0.1) is 0 Å². The van der Waals surface area contributed by atoms with Gasteiger partial charge in [0.25, 0.3) is 17.9 Å². The Morgan fingerprint density at radius 1 is 0.239 bits per heavy atom. The van der Waals surface area contributed by atoms with Crippen molar-refractivity contribution in [1.82, 2.24) is 4.90 Å². The molecule has 0 rings (SSSR count). The van der Waals surface area contributed by atoms with E-state index in [2.05, 4.69) is 25.7 Å². The topological polar surface area (TPSA) is 86.3 Å². The third kappa shape index (κ3) is 30.9. The largest absolute Gasteiger partial charge is 0.328 e. The smallest absolute Gasteiger partial charge is 0.282 e. The summed E-state index contributed by atoms with van der Waals surface area (Å²) in [4.78, 5) is 3.09. The quantitative estimate of drug-likeness (QED) is 0.0434. The van der Waals surface area contributed by atoms with Gasteiger partial charge in [-0.25, -0.2) is 0 Å². The highest BCUT2D eigenvalue weighted by Crippen LogP contribution is 2.31. The van der Waals surface area contributed by atoms with E-state index >= 15 is 0 Å². The predicted molar refractivity (Wildman–Crippen MR) is 282 cm³/mol. The summed E-state index contributed by atoms with van der Waals surface area (Å²) < 4.78 is 53.6. The van der Waals surface area contributed by atoms with Crippen LogP contribution in [0, 0.1) is 0 Å². The minimum atomic E-state index is -0.868. The van der Waals surface area contributed by atoms with Gasteiger partial charge in [0.2, 0.25) is 0 Å². The Balaban J connectivity index is 5.30. The summed E-state index contributed by atoms with van der Waals surface area (Å²) in [6.07, 6.45) is 36.7. The second kappa shape index (κ2) is 45.5. The van der Waals surface area contributed by atoms with Crippen LogP contribution in [0.25, 0.3) is 0 Å². The highest BCUT2D eigenvalue weighted by Gasteiger charge is 2.34. The average molecular weight is 961 g/mol. The molecule has 0 fully saturated rings. The molecule has 3 unspecified atom stereocenters. The van der Waals surface area contributed by atoms with E-state index in [4.69, 9.17) is 42.6 Å². The van der Waals surface area contributed by atoms with Crippen LogP contribution in [0.2, 0.25) is 0 Å². The summed E-state index contributed by atoms with van der Waals surface area (Å²) in [5.41, 5.74) is 0. The van der Waals surface area contributed by atoms with Crippen LogP contribution in [0.3, 0.4) is 0 Å². The number of hydrogen-bond donors (Lipinski definition) is 0. The van der Waals surface area contributed by atoms with Gasteiger partial charge in [-0.15, -0.1) is 0 Å². The zero-order valence-corrected chi connectivity index (χ0v) is 46.9. The fourth-order valence-electron chi connectivity index (χ4n) is 10.4. The molecule has 0 saturated carbocycles. The lowest BCUT2D eigenvalue weighted by molar-refractivity contribution is -0.380. The first-order chi connectivity index (χ1) is 32.7. The zero-order valence-electron chi connectivity index (χ0n) is 46.9. The van der Waals surface area contributed by atoms with Gasteiger partial charge >= 0.3 is 0 Å². The van der Waals surface area contributed by atoms with Crippen molar-refractivity contribution in [3.63, 3.8) is 0 Å². The van der Waals surface area contributed by atoms with Crippen LogP contribution >= 0.6 is 0 Å². The van der Waals surface area contributed by atoms with Crippen LogP contribution in [0.5, 0.6) is 0 Å². The second-order valence-corrected chi connectivity index (χ2v) is 18.6. The molecule has 0 amide bonds. The SMILES string of the molecule is CCOC(CCCCCCCCCC(CC)N(C(CC)CCCCCCCCCC(OCC)(OCC)OCC)C(CC)CCCCCCCCCC(OCC)(OCC)OCC)(OCC)OCC. The highest BCUT2D eigenvalue weighted by atomic mass is 16.9. The van der Waals surface area contributed by atoms with Gasteiger partial charge in [0.1, 0.15) is 0 Å². The molecule has 0 aromatic rings. The van der Waals surface area contributed by atoms with Crippen molar-refractivity contribution in [3.05, 3.63) is 0 Å². The molecule has 0 aromatic carbocycles. The number of hydrogen-bond acceptors (Lipinski definition) is 10. The van der Waals surface area contributed by atoms with E-state index in [-0.39, 0.29) is 0 Å². The molecule has 0 aliphatic heterocycles. The van der Waals surface area contributed by atoms with Crippen molar-refractivity contribution >= 4 is 0 Å². The van der Waals surface area contributed by atoms with Gasteiger partial charge in [0.15, 0.2) is 0 Å². The number of rotatable bonds is 54. The summed E-state index contributed by atoms with van der Waals surface area (Å²) in [6.45, 7) is 30.9. The first-order valence-corrected chi connectivity index (χ1v) is 29.2. The molecule has 67 heavy (non-hydrogen) atoms. The van der Waals surface area contributed by atoms with E-state index < -0.39 is 17.9 Å².